The Kier molecular flexibility index (Phi) is 4.80. The highest BCUT2D eigenvalue weighted by molar-refractivity contribution is 7.80. The summed E-state index contributed by atoms with van der Waals surface area (Å²) in [5, 5.41) is 0. The van der Waals surface area contributed by atoms with Crippen molar-refractivity contribution >= 4 is 12.6 Å². The molecule has 0 N–H and O–H groups in total. The van der Waals surface area contributed by atoms with E-state index in [1.54, 1.807) is 0 Å². The van der Waals surface area contributed by atoms with Gasteiger partial charge in [0.05, 0.1) is 0 Å². The summed E-state index contributed by atoms with van der Waals surface area (Å²) in [5.41, 5.74) is 0. The SMILES string of the molecule is Fc1c(F)c(F)c(OCC=CCS)c(F)c1F. The zero-order valence-electron chi connectivity index (χ0n) is 8.31. The molecule has 17 heavy (non-hydrogen) atoms. The highest BCUT2D eigenvalue weighted by Gasteiger charge is 2.26. The van der Waals surface area contributed by atoms with Gasteiger partial charge in [-0.1, -0.05) is 12.2 Å². The van der Waals surface area contributed by atoms with Crippen molar-refractivity contribution in [1.82, 2.24) is 0 Å². The fourth-order valence-electron chi connectivity index (χ4n) is 0.986. The molecule has 94 valence electrons. The Morgan fingerprint density at radius 2 is 1.29 bits per heavy atom. The molecule has 0 unspecified atom stereocenters. The van der Waals surface area contributed by atoms with Gasteiger partial charge in [0.25, 0.3) is 0 Å². The van der Waals surface area contributed by atoms with Crippen LogP contribution in [0.15, 0.2) is 12.2 Å². The molecule has 1 aromatic rings. The number of rotatable bonds is 4. The maximum absolute atomic E-state index is 13.0. The first-order valence-electron chi connectivity index (χ1n) is 4.40. The number of benzene rings is 1. The quantitative estimate of drug-likeness (QED) is 0.290. The molecular formula is C10H7F5OS. The van der Waals surface area contributed by atoms with E-state index in [1.807, 2.05) is 0 Å². The first kappa shape index (κ1) is 13.8. The summed E-state index contributed by atoms with van der Waals surface area (Å²) in [6.07, 6.45) is 2.83. The third-order valence-electron chi connectivity index (χ3n) is 1.77. The molecule has 0 radical (unpaired) electrons. The minimum atomic E-state index is -2.21. The molecule has 0 aliphatic carbocycles. The second kappa shape index (κ2) is 5.90. The molecule has 0 bridgehead atoms. The molecule has 0 aliphatic rings. The van der Waals surface area contributed by atoms with Gasteiger partial charge in [0.1, 0.15) is 6.61 Å². The average molecular weight is 270 g/mol. The summed E-state index contributed by atoms with van der Waals surface area (Å²) in [6, 6.07) is 0. The van der Waals surface area contributed by atoms with Crippen molar-refractivity contribution in [2.75, 3.05) is 12.4 Å². The van der Waals surface area contributed by atoms with E-state index in [-0.39, 0.29) is 6.61 Å². The fraction of sp³-hybridized carbons (Fsp3) is 0.200. The van der Waals surface area contributed by atoms with Crippen LogP contribution in [-0.4, -0.2) is 12.4 Å². The maximum atomic E-state index is 13.0. The first-order chi connectivity index (χ1) is 8.00. The Bertz CT molecular complexity index is 418. The minimum absolute atomic E-state index is 0.321. The predicted molar refractivity (Wildman–Crippen MR) is 54.7 cm³/mol. The molecule has 0 saturated carbocycles. The molecule has 0 aliphatic heterocycles. The molecule has 0 amide bonds. The van der Waals surface area contributed by atoms with Crippen molar-refractivity contribution in [3.8, 4) is 5.75 Å². The summed E-state index contributed by atoms with van der Waals surface area (Å²) in [4.78, 5) is 0. The molecule has 1 nitrogen and oxygen atoms in total. The van der Waals surface area contributed by atoms with E-state index in [2.05, 4.69) is 17.4 Å². The predicted octanol–water partition coefficient (Wildman–Crippen LogP) is 3.25. The fourth-order valence-corrected chi connectivity index (χ4v) is 1.13. The van der Waals surface area contributed by atoms with Crippen LogP contribution in [0.3, 0.4) is 0 Å². The standard InChI is InChI=1S/C10H7F5OS/c11-5-6(12)8(14)10(9(15)7(5)13)16-3-1-2-4-17/h1-2,17H,3-4H2. The van der Waals surface area contributed by atoms with E-state index in [0.29, 0.717) is 5.75 Å². The Morgan fingerprint density at radius 3 is 1.76 bits per heavy atom. The van der Waals surface area contributed by atoms with Gasteiger partial charge in [-0.2, -0.15) is 21.4 Å². The van der Waals surface area contributed by atoms with Gasteiger partial charge in [-0.05, 0) is 0 Å². The average Bonchev–Trinajstić information content (AvgIpc) is 2.33. The van der Waals surface area contributed by atoms with Crippen LogP contribution in [0.25, 0.3) is 0 Å². The lowest BCUT2D eigenvalue weighted by Crippen LogP contribution is -2.06. The van der Waals surface area contributed by atoms with Crippen molar-refractivity contribution in [2.45, 2.75) is 0 Å². The Hall–Kier alpha value is -1.24. The normalized spacial score (nSPS) is 11.2. The van der Waals surface area contributed by atoms with Crippen molar-refractivity contribution in [1.29, 1.82) is 0 Å². The van der Waals surface area contributed by atoms with Gasteiger partial charge in [0, 0.05) is 5.75 Å². The van der Waals surface area contributed by atoms with E-state index in [9.17, 15) is 22.0 Å². The van der Waals surface area contributed by atoms with E-state index in [0.717, 1.165) is 0 Å². The first-order valence-corrected chi connectivity index (χ1v) is 5.04. The third kappa shape index (κ3) is 2.91. The van der Waals surface area contributed by atoms with Crippen LogP contribution in [0.5, 0.6) is 5.75 Å². The Balaban J connectivity index is 3.03. The second-order valence-corrected chi connectivity index (χ2v) is 3.23. The van der Waals surface area contributed by atoms with Crippen molar-refractivity contribution in [2.24, 2.45) is 0 Å². The molecule has 0 atom stereocenters. The lowest BCUT2D eigenvalue weighted by atomic mass is 10.2. The van der Waals surface area contributed by atoms with Crippen molar-refractivity contribution in [3.63, 3.8) is 0 Å². The molecule has 0 aromatic heterocycles. The molecule has 1 rings (SSSR count). The van der Waals surface area contributed by atoms with E-state index in [1.165, 1.54) is 12.2 Å². The summed E-state index contributed by atoms with van der Waals surface area (Å²) in [5.74, 6) is -11.2. The van der Waals surface area contributed by atoms with Crippen molar-refractivity contribution in [3.05, 3.63) is 41.2 Å². The molecule has 0 spiro atoms. The highest BCUT2D eigenvalue weighted by atomic mass is 32.1. The molecule has 0 fully saturated rings. The summed E-state index contributed by atoms with van der Waals surface area (Å²) < 4.78 is 68.6. The second-order valence-electron chi connectivity index (χ2n) is 2.86. The third-order valence-corrected chi connectivity index (χ3v) is 1.98. The molecule has 7 heteroatoms. The van der Waals surface area contributed by atoms with Crippen LogP contribution < -0.4 is 4.74 Å². The Labute approximate surface area is 99.3 Å². The van der Waals surface area contributed by atoms with Crippen LogP contribution >= 0.6 is 12.6 Å². The van der Waals surface area contributed by atoms with Crippen LogP contribution in [-0.2, 0) is 0 Å². The highest BCUT2D eigenvalue weighted by Crippen LogP contribution is 2.28. The lowest BCUT2D eigenvalue weighted by Gasteiger charge is -2.08. The number of hydrogen-bond donors (Lipinski definition) is 1. The number of thiol groups is 1. The largest absolute Gasteiger partial charge is 0.483 e. The zero-order valence-corrected chi connectivity index (χ0v) is 9.21. The van der Waals surface area contributed by atoms with Gasteiger partial charge in [-0.25, -0.2) is 13.2 Å². The molecular weight excluding hydrogens is 263 g/mol. The van der Waals surface area contributed by atoms with Gasteiger partial charge < -0.3 is 4.74 Å². The maximum Gasteiger partial charge on any atom is 0.207 e. The van der Waals surface area contributed by atoms with E-state index < -0.39 is 34.8 Å². The lowest BCUT2D eigenvalue weighted by molar-refractivity contribution is 0.287. The van der Waals surface area contributed by atoms with Crippen LogP contribution in [0, 0.1) is 29.1 Å². The number of hydrogen-bond acceptors (Lipinski definition) is 2. The van der Waals surface area contributed by atoms with Gasteiger partial charge in [-0.15, -0.1) is 0 Å². The van der Waals surface area contributed by atoms with Gasteiger partial charge in [0.2, 0.25) is 29.1 Å². The summed E-state index contributed by atoms with van der Waals surface area (Å²) in [7, 11) is 0. The summed E-state index contributed by atoms with van der Waals surface area (Å²) in [6.45, 7) is -0.321. The summed E-state index contributed by atoms with van der Waals surface area (Å²) >= 11 is 3.81. The molecule has 0 heterocycles. The minimum Gasteiger partial charge on any atom is -0.483 e. The van der Waals surface area contributed by atoms with Crippen LogP contribution in [0.1, 0.15) is 0 Å². The van der Waals surface area contributed by atoms with E-state index >= 15 is 0 Å². The van der Waals surface area contributed by atoms with Gasteiger partial charge in [-0.3, -0.25) is 0 Å². The molecule has 0 saturated heterocycles. The topological polar surface area (TPSA) is 9.23 Å². The van der Waals surface area contributed by atoms with Gasteiger partial charge in [0.15, 0.2) is 5.75 Å². The van der Waals surface area contributed by atoms with E-state index in [4.69, 9.17) is 0 Å². The smallest absolute Gasteiger partial charge is 0.207 e. The monoisotopic (exact) mass is 270 g/mol. The number of halogens is 5. The Morgan fingerprint density at radius 1 is 0.824 bits per heavy atom. The van der Waals surface area contributed by atoms with Gasteiger partial charge >= 0.3 is 0 Å². The van der Waals surface area contributed by atoms with Crippen LogP contribution in [0.2, 0.25) is 0 Å². The molecule has 1 aromatic carbocycles. The van der Waals surface area contributed by atoms with Crippen molar-refractivity contribution < 1.29 is 26.7 Å². The number of ether oxygens (including phenoxy) is 1. The van der Waals surface area contributed by atoms with Crippen LogP contribution in [0.4, 0.5) is 22.0 Å². The zero-order chi connectivity index (χ0) is 13.0.